The summed E-state index contributed by atoms with van der Waals surface area (Å²) in [4.78, 5) is 36.2. The number of nitrogens with zero attached hydrogens (tertiary/aromatic N) is 4. The normalized spacial score (nSPS) is 11.6. The zero-order valence-electron chi connectivity index (χ0n) is 23.2. The summed E-state index contributed by atoms with van der Waals surface area (Å²) in [6, 6.07) is 30.7. The van der Waals surface area contributed by atoms with Gasteiger partial charge in [-0.15, -0.1) is 0 Å². The summed E-state index contributed by atoms with van der Waals surface area (Å²) in [6.45, 7) is 4.10. The van der Waals surface area contributed by atoms with Gasteiger partial charge >= 0.3 is 0 Å². The molecule has 0 aliphatic rings. The van der Waals surface area contributed by atoms with Gasteiger partial charge < -0.3 is 0 Å². The Morgan fingerprint density at radius 2 is 0.952 bits per heavy atom. The number of para-hydroxylation sites is 2. The Balaban J connectivity index is 1.27. The zero-order valence-corrected chi connectivity index (χ0v) is 24.9. The van der Waals surface area contributed by atoms with Crippen LogP contribution in [0.3, 0.4) is 0 Å². The molecular weight excluding hydrogens is 561 g/mol. The predicted octanol–water partition coefficient (Wildman–Crippen LogP) is 7.48. The average molecular weight is 589 g/mol. The van der Waals surface area contributed by atoms with Gasteiger partial charge in [-0.25, -0.2) is 9.97 Å². The lowest BCUT2D eigenvalue weighted by atomic mass is 10.1. The van der Waals surface area contributed by atoms with Crippen LogP contribution in [-0.4, -0.2) is 30.6 Å². The van der Waals surface area contributed by atoms with Gasteiger partial charge in [-0.3, -0.25) is 18.7 Å². The van der Waals surface area contributed by atoms with Crippen LogP contribution in [0, 0.1) is 0 Å². The highest BCUT2D eigenvalue weighted by Crippen LogP contribution is 2.23. The minimum atomic E-state index is -0.0684. The molecule has 0 aliphatic heterocycles. The Kier molecular flexibility index (Phi) is 8.08. The van der Waals surface area contributed by atoms with E-state index in [1.807, 2.05) is 109 Å². The molecule has 2 aromatic heterocycles. The molecule has 0 bridgehead atoms. The van der Waals surface area contributed by atoms with E-state index in [-0.39, 0.29) is 11.1 Å². The van der Waals surface area contributed by atoms with Crippen LogP contribution in [0.25, 0.3) is 45.3 Å². The molecule has 208 valence electrons. The van der Waals surface area contributed by atoms with Crippen molar-refractivity contribution in [1.29, 1.82) is 0 Å². The van der Waals surface area contributed by atoms with Gasteiger partial charge in [-0.05, 0) is 71.2 Å². The molecule has 0 atom stereocenters. The van der Waals surface area contributed by atoms with E-state index in [0.717, 1.165) is 34.0 Å². The van der Waals surface area contributed by atoms with Gasteiger partial charge in [-0.2, -0.15) is 0 Å². The minimum Gasteiger partial charge on any atom is -0.268 e. The van der Waals surface area contributed by atoms with Crippen molar-refractivity contribution < 1.29 is 0 Å². The second-order valence-electron chi connectivity index (χ2n) is 9.49. The largest absolute Gasteiger partial charge is 0.268 e. The molecule has 0 unspecified atom stereocenters. The summed E-state index contributed by atoms with van der Waals surface area (Å²) in [5.41, 5.74) is 4.86. The first-order valence-corrected chi connectivity index (χ1v) is 15.7. The third-order valence-electron chi connectivity index (χ3n) is 6.81. The van der Waals surface area contributed by atoms with Crippen molar-refractivity contribution in [3.8, 4) is 11.4 Å². The second-order valence-corrected chi connectivity index (χ2v) is 11.9. The third-order valence-corrected chi connectivity index (χ3v) is 8.45. The van der Waals surface area contributed by atoms with E-state index < -0.39 is 0 Å². The Labute approximate surface area is 251 Å². The summed E-state index contributed by atoms with van der Waals surface area (Å²) in [5, 5.41) is 2.58. The maximum Gasteiger partial charge on any atom is 0.266 e. The zero-order chi connectivity index (χ0) is 29.1. The highest BCUT2D eigenvalue weighted by Gasteiger charge is 2.14. The summed E-state index contributed by atoms with van der Waals surface area (Å²) in [5.74, 6) is 1.63. The van der Waals surface area contributed by atoms with E-state index in [9.17, 15) is 9.59 Å². The molecule has 0 fully saturated rings. The van der Waals surface area contributed by atoms with Crippen LogP contribution in [0.5, 0.6) is 0 Å². The maximum atomic E-state index is 13.4. The van der Waals surface area contributed by atoms with Crippen molar-refractivity contribution in [2.45, 2.75) is 24.2 Å². The molecule has 0 amide bonds. The molecule has 6 rings (SSSR count). The number of aromatic nitrogens is 4. The number of benzene rings is 4. The fourth-order valence-electron chi connectivity index (χ4n) is 4.79. The number of fused-ring (bicyclic) bond motifs is 2. The lowest BCUT2D eigenvalue weighted by Crippen LogP contribution is -2.21. The topological polar surface area (TPSA) is 69.8 Å². The van der Waals surface area contributed by atoms with Gasteiger partial charge in [0.25, 0.3) is 11.1 Å². The van der Waals surface area contributed by atoms with Gasteiger partial charge in [0.2, 0.25) is 0 Å². The first-order chi connectivity index (χ1) is 20.6. The smallest absolute Gasteiger partial charge is 0.266 e. The molecule has 6 aromatic rings. The van der Waals surface area contributed by atoms with E-state index in [0.29, 0.717) is 32.1 Å². The highest BCUT2D eigenvalue weighted by atomic mass is 32.2. The molecule has 0 N–H and O–H groups in total. The third kappa shape index (κ3) is 5.43. The van der Waals surface area contributed by atoms with E-state index in [1.165, 1.54) is 0 Å². The van der Waals surface area contributed by atoms with Crippen molar-refractivity contribution in [3.63, 3.8) is 0 Å². The fourth-order valence-corrected chi connectivity index (χ4v) is 6.27. The van der Waals surface area contributed by atoms with Crippen LogP contribution in [-0.2, 0) is 0 Å². The monoisotopic (exact) mass is 588 g/mol. The molecule has 0 aliphatic carbocycles. The standard InChI is InChI=1S/C34H28N4O2S2/c1-3-41-33-35-29-11-7-5-9-27(29)31(39)37(33)25-19-15-23(16-20-25)13-14-24-17-21-26(22-18-24)38-32(40)28-10-6-8-12-30(28)36-34(38)42-4-2/h5-22H,3-4H2,1-2H3/b14-13+. The van der Waals surface area contributed by atoms with Gasteiger partial charge in [0.1, 0.15) is 0 Å². The lowest BCUT2D eigenvalue weighted by Gasteiger charge is -2.13. The summed E-state index contributed by atoms with van der Waals surface area (Å²) in [7, 11) is 0. The van der Waals surface area contributed by atoms with Crippen LogP contribution in [0.1, 0.15) is 25.0 Å². The average Bonchev–Trinajstić information content (AvgIpc) is 3.02. The molecule has 8 heteroatoms. The molecule has 2 heterocycles. The molecule has 4 aromatic carbocycles. The minimum absolute atomic E-state index is 0.0684. The molecule has 0 saturated heterocycles. The lowest BCUT2D eigenvalue weighted by molar-refractivity contribution is 0.820. The van der Waals surface area contributed by atoms with Crippen molar-refractivity contribution in [1.82, 2.24) is 19.1 Å². The second kappa shape index (κ2) is 12.2. The van der Waals surface area contributed by atoms with E-state index in [1.54, 1.807) is 32.7 Å². The Morgan fingerprint density at radius 3 is 1.33 bits per heavy atom. The maximum absolute atomic E-state index is 13.4. The number of hydrogen-bond acceptors (Lipinski definition) is 6. The fraction of sp³-hybridized carbons (Fsp3) is 0.118. The van der Waals surface area contributed by atoms with E-state index in [2.05, 4.69) is 13.8 Å². The molecular formula is C34H28N4O2S2. The first-order valence-electron chi connectivity index (χ1n) is 13.8. The molecule has 0 spiro atoms. The van der Waals surface area contributed by atoms with Crippen LogP contribution < -0.4 is 11.1 Å². The van der Waals surface area contributed by atoms with Crippen molar-refractivity contribution in [2.75, 3.05) is 11.5 Å². The van der Waals surface area contributed by atoms with Gasteiger partial charge in [0.05, 0.1) is 33.2 Å². The van der Waals surface area contributed by atoms with E-state index in [4.69, 9.17) is 9.97 Å². The SMILES string of the molecule is CCSc1nc2ccccc2c(=O)n1-c1ccc(/C=C/c2ccc(-n3c(SCC)nc4ccccc4c3=O)cc2)cc1. The van der Waals surface area contributed by atoms with E-state index >= 15 is 0 Å². The van der Waals surface area contributed by atoms with Gasteiger partial charge in [-0.1, -0.05) is 98.1 Å². The van der Waals surface area contributed by atoms with Gasteiger partial charge in [0.15, 0.2) is 10.3 Å². The Morgan fingerprint density at radius 1 is 0.571 bits per heavy atom. The Hall–Kier alpha value is -4.40. The number of thioether (sulfide) groups is 2. The number of hydrogen-bond donors (Lipinski definition) is 0. The molecule has 0 saturated carbocycles. The van der Waals surface area contributed by atoms with Crippen molar-refractivity contribution in [2.24, 2.45) is 0 Å². The summed E-state index contributed by atoms with van der Waals surface area (Å²) in [6.07, 6.45) is 4.06. The molecule has 42 heavy (non-hydrogen) atoms. The highest BCUT2D eigenvalue weighted by molar-refractivity contribution is 7.99. The molecule has 0 radical (unpaired) electrons. The van der Waals surface area contributed by atoms with Gasteiger partial charge in [0, 0.05) is 0 Å². The summed E-state index contributed by atoms with van der Waals surface area (Å²) >= 11 is 3.11. The first kappa shape index (κ1) is 27.8. The van der Waals surface area contributed by atoms with Crippen LogP contribution in [0.2, 0.25) is 0 Å². The van der Waals surface area contributed by atoms with Crippen LogP contribution in [0.4, 0.5) is 0 Å². The quantitative estimate of drug-likeness (QED) is 0.104. The van der Waals surface area contributed by atoms with Crippen LogP contribution >= 0.6 is 23.5 Å². The van der Waals surface area contributed by atoms with Crippen molar-refractivity contribution in [3.05, 3.63) is 129 Å². The molecule has 6 nitrogen and oxygen atoms in total. The number of rotatable bonds is 8. The summed E-state index contributed by atoms with van der Waals surface area (Å²) < 4.78 is 3.38. The predicted molar refractivity (Wildman–Crippen MR) is 176 cm³/mol. The van der Waals surface area contributed by atoms with Crippen molar-refractivity contribution >= 4 is 57.5 Å². The van der Waals surface area contributed by atoms with Crippen LogP contribution in [0.15, 0.2) is 117 Å². The Bertz CT molecular complexity index is 1900.